The zero-order valence-corrected chi connectivity index (χ0v) is 27.4. The molecule has 1 unspecified atom stereocenters. The van der Waals surface area contributed by atoms with E-state index in [-0.39, 0.29) is 0 Å². The number of unbranched alkanes of at least 4 members (excludes halogenated alkanes) is 3. The summed E-state index contributed by atoms with van der Waals surface area (Å²) in [5, 5.41) is 3.63. The van der Waals surface area contributed by atoms with Crippen LogP contribution in [0.4, 0.5) is 5.69 Å². The highest BCUT2D eigenvalue weighted by atomic mass is 14.9. The molecule has 1 fully saturated rings. The van der Waals surface area contributed by atoms with Gasteiger partial charge < -0.3 is 11.1 Å². The van der Waals surface area contributed by atoms with Gasteiger partial charge in [-0.05, 0) is 110 Å². The topological polar surface area (TPSA) is 50.4 Å². The van der Waals surface area contributed by atoms with Gasteiger partial charge in [-0.2, -0.15) is 0 Å². The summed E-state index contributed by atoms with van der Waals surface area (Å²) < 4.78 is 0. The van der Waals surface area contributed by atoms with Crippen LogP contribution in [0, 0.1) is 5.92 Å². The minimum Gasteiger partial charge on any atom is -0.390 e. The first-order valence-corrected chi connectivity index (χ1v) is 16.9. The van der Waals surface area contributed by atoms with E-state index in [2.05, 4.69) is 97.8 Å². The Hall–Kier alpha value is -2.91. The second kappa shape index (κ2) is 21.7. The first-order chi connectivity index (χ1) is 20.7. The third-order valence-corrected chi connectivity index (χ3v) is 8.17. The highest BCUT2D eigenvalue weighted by molar-refractivity contribution is 5.61. The molecule has 3 aromatic carbocycles. The summed E-state index contributed by atoms with van der Waals surface area (Å²) in [4.78, 5) is 4.36. The number of para-hydroxylation sites is 1. The number of rotatable bonds is 13. The van der Waals surface area contributed by atoms with E-state index in [4.69, 9.17) is 5.73 Å². The Kier molecular flexibility index (Phi) is 18.3. The van der Waals surface area contributed by atoms with E-state index < -0.39 is 0 Å². The maximum absolute atomic E-state index is 5.56. The Bertz CT molecular complexity index is 1120. The van der Waals surface area contributed by atoms with Crippen LogP contribution in [0.5, 0.6) is 0 Å². The molecular weight excluding hydrogens is 510 g/mol. The van der Waals surface area contributed by atoms with Crippen LogP contribution in [0.15, 0.2) is 77.8 Å². The number of aryl methyl sites for hydroxylation is 4. The molecule has 3 N–H and O–H groups in total. The lowest BCUT2D eigenvalue weighted by Crippen LogP contribution is -2.35. The number of hydrogen-bond donors (Lipinski definition) is 2. The van der Waals surface area contributed by atoms with Crippen molar-refractivity contribution in [2.75, 3.05) is 13.1 Å². The summed E-state index contributed by atoms with van der Waals surface area (Å²) in [5.74, 6) is 1.28. The van der Waals surface area contributed by atoms with Crippen molar-refractivity contribution in [3.63, 3.8) is 0 Å². The molecule has 0 amide bonds. The fraction of sp³-hybridized carbons (Fsp3) is 0.513. The summed E-state index contributed by atoms with van der Waals surface area (Å²) in [6.07, 6.45) is 14.9. The van der Waals surface area contributed by atoms with Crippen LogP contribution < -0.4 is 11.1 Å². The van der Waals surface area contributed by atoms with Crippen LogP contribution in [0.1, 0.15) is 113 Å². The Morgan fingerprint density at radius 1 is 0.762 bits per heavy atom. The molecule has 230 valence electrons. The molecule has 1 saturated heterocycles. The summed E-state index contributed by atoms with van der Waals surface area (Å²) in [5.41, 5.74) is 13.9. The lowest BCUT2D eigenvalue weighted by molar-refractivity contribution is 0.309. The molecule has 0 aliphatic carbocycles. The van der Waals surface area contributed by atoms with Gasteiger partial charge in [0.2, 0.25) is 0 Å². The quantitative estimate of drug-likeness (QED) is 0.122. The number of nitrogens with zero attached hydrogens (tertiary/aromatic N) is 1. The van der Waals surface area contributed by atoms with Crippen LogP contribution >= 0.6 is 0 Å². The predicted octanol–water partition coefficient (Wildman–Crippen LogP) is 9.98. The zero-order chi connectivity index (χ0) is 30.4. The van der Waals surface area contributed by atoms with Crippen molar-refractivity contribution in [1.29, 1.82) is 0 Å². The van der Waals surface area contributed by atoms with E-state index in [1.165, 1.54) is 86.4 Å². The molecular formula is C39H59N3. The Balaban J connectivity index is 0.00000116. The van der Waals surface area contributed by atoms with Crippen LogP contribution in [-0.2, 0) is 25.7 Å². The number of piperidine rings is 1. The largest absolute Gasteiger partial charge is 0.390 e. The van der Waals surface area contributed by atoms with Gasteiger partial charge in [-0.15, -0.1) is 0 Å². The zero-order valence-electron chi connectivity index (χ0n) is 27.4. The minimum absolute atomic E-state index is 0.631. The van der Waals surface area contributed by atoms with Crippen molar-refractivity contribution in [3.05, 3.63) is 101 Å². The molecule has 3 nitrogen and oxygen atoms in total. The van der Waals surface area contributed by atoms with Crippen molar-refractivity contribution in [1.82, 2.24) is 5.32 Å². The fourth-order valence-corrected chi connectivity index (χ4v) is 6.01. The highest BCUT2D eigenvalue weighted by Gasteiger charge is 2.26. The maximum atomic E-state index is 5.56. The van der Waals surface area contributed by atoms with Gasteiger partial charge in [0.05, 0.1) is 12.0 Å². The molecule has 3 aromatic rings. The summed E-state index contributed by atoms with van der Waals surface area (Å²) in [7, 11) is 0. The standard InChI is InChI=1S/C34H45N3.C3H8.C2H6/c1-2-28-12-7-8-14-29(28)13-6-4-3-5-11-27-17-19-30(20-18-27)33-23-24-36-25-32(33)22-21-31-15-9-10-16-34(31)37-26-35;1-3-2;1-2/h7-10,12,14-20,26,32-33,36H,2-6,11,13,21-25H2,1H3,(H2,35,37);3H2,1-2H3;1-2H3/t32-,33?;;/m0../s1. The fourth-order valence-electron chi connectivity index (χ4n) is 6.01. The van der Waals surface area contributed by atoms with Crippen molar-refractivity contribution in [2.24, 2.45) is 16.6 Å². The summed E-state index contributed by atoms with van der Waals surface area (Å²) in [6, 6.07) is 26.9. The van der Waals surface area contributed by atoms with E-state index in [1.54, 1.807) is 5.56 Å². The molecule has 42 heavy (non-hydrogen) atoms. The molecule has 0 radical (unpaired) electrons. The summed E-state index contributed by atoms with van der Waals surface area (Å²) >= 11 is 0. The SMILES string of the molecule is CC.CCC.CCc1ccccc1CCCCCCc1ccc(C2CCNC[C@@H]2CCc2ccccc2N=CN)cc1. The average molecular weight is 570 g/mol. The van der Waals surface area contributed by atoms with E-state index in [0.717, 1.165) is 31.6 Å². The van der Waals surface area contributed by atoms with Gasteiger partial charge in [0.25, 0.3) is 0 Å². The molecule has 3 heteroatoms. The van der Waals surface area contributed by atoms with E-state index in [9.17, 15) is 0 Å². The van der Waals surface area contributed by atoms with Gasteiger partial charge in [-0.1, -0.05) is 121 Å². The van der Waals surface area contributed by atoms with E-state index in [0.29, 0.717) is 11.8 Å². The second-order valence-corrected chi connectivity index (χ2v) is 11.3. The van der Waals surface area contributed by atoms with Crippen LogP contribution in [0.25, 0.3) is 0 Å². The average Bonchev–Trinajstić information content (AvgIpc) is 3.04. The van der Waals surface area contributed by atoms with E-state index >= 15 is 0 Å². The van der Waals surface area contributed by atoms with Gasteiger partial charge in [0, 0.05) is 0 Å². The number of hydrogen-bond acceptors (Lipinski definition) is 2. The monoisotopic (exact) mass is 569 g/mol. The smallest absolute Gasteiger partial charge is 0.0860 e. The lowest BCUT2D eigenvalue weighted by Gasteiger charge is -2.33. The van der Waals surface area contributed by atoms with Crippen LogP contribution in [0.2, 0.25) is 0 Å². The predicted molar refractivity (Wildman–Crippen MR) is 186 cm³/mol. The van der Waals surface area contributed by atoms with Crippen molar-refractivity contribution < 1.29 is 0 Å². The van der Waals surface area contributed by atoms with Crippen LogP contribution in [-0.4, -0.2) is 19.4 Å². The molecule has 0 spiro atoms. The number of nitrogens with one attached hydrogen (secondary N) is 1. The minimum atomic E-state index is 0.631. The number of benzene rings is 3. The third-order valence-electron chi connectivity index (χ3n) is 8.17. The van der Waals surface area contributed by atoms with E-state index in [1.807, 2.05) is 19.9 Å². The van der Waals surface area contributed by atoms with Gasteiger partial charge in [0.15, 0.2) is 0 Å². The van der Waals surface area contributed by atoms with Crippen molar-refractivity contribution in [2.45, 2.75) is 111 Å². The Morgan fingerprint density at radius 2 is 1.38 bits per heavy atom. The Morgan fingerprint density at radius 3 is 2.05 bits per heavy atom. The second-order valence-electron chi connectivity index (χ2n) is 11.3. The van der Waals surface area contributed by atoms with Gasteiger partial charge in [-0.3, -0.25) is 0 Å². The Labute approximate surface area is 258 Å². The first kappa shape index (κ1) is 35.3. The molecule has 1 heterocycles. The highest BCUT2D eigenvalue weighted by Crippen LogP contribution is 2.34. The lowest BCUT2D eigenvalue weighted by atomic mass is 9.78. The first-order valence-electron chi connectivity index (χ1n) is 16.9. The van der Waals surface area contributed by atoms with Gasteiger partial charge in [-0.25, -0.2) is 4.99 Å². The molecule has 0 saturated carbocycles. The van der Waals surface area contributed by atoms with Crippen molar-refractivity contribution in [3.8, 4) is 0 Å². The summed E-state index contributed by atoms with van der Waals surface area (Å²) in [6.45, 7) is 12.7. The molecule has 0 aromatic heterocycles. The molecule has 0 bridgehead atoms. The van der Waals surface area contributed by atoms with Gasteiger partial charge in [0.1, 0.15) is 0 Å². The third kappa shape index (κ3) is 12.1. The van der Waals surface area contributed by atoms with Gasteiger partial charge >= 0.3 is 0 Å². The number of nitrogens with two attached hydrogens (primary N) is 1. The molecule has 1 aliphatic rings. The maximum Gasteiger partial charge on any atom is 0.0860 e. The number of aliphatic imine (C=N–C) groups is 1. The van der Waals surface area contributed by atoms with Crippen LogP contribution in [0.3, 0.4) is 0 Å². The normalized spacial score (nSPS) is 16.3. The molecule has 2 atom stereocenters. The van der Waals surface area contributed by atoms with Crippen molar-refractivity contribution >= 4 is 12.0 Å². The molecule has 4 rings (SSSR count). The molecule has 1 aliphatic heterocycles.